The maximum atomic E-state index is 12.2. The van der Waals surface area contributed by atoms with Crippen molar-refractivity contribution in [1.29, 1.82) is 5.41 Å². The number of carbonyl (C=O) groups excluding carboxylic acids is 1. The number of hydrogen-bond acceptors (Lipinski definition) is 5. The van der Waals surface area contributed by atoms with Crippen LogP contribution in [0.2, 0.25) is 0 Å². The van der Waals surface area contributed by atoms with Gasteiger partial charge in [-0.15, -0.1) is 0 Å². The van der Waals surface area contributed by atoms with E-state index in [0.717, 1.165) is 25.2 Å². The Morgan fingerprint density at radius 1 is 1.24 bits per heavy atom. The van der Waals surface area contributed by atoms with E-state index in [1.54, 1.807) is 11.8 Å². The van der Waals surface area contributed by atoms with Gasteiger partial charge in [0.1, 0.15) is 23.4 Å². The standard InChI is InChI=1S/C18H26N6O/c1-12-18(25)22-15(16(19)20)17(21)24(12)11-14-6-4-5-13(9-14)10-23-7-2-3-8-23/h4-6,9,12,21H,2-3,7-8,10-11,19-20H2,1H3,(H,22,25). The Balaban J connectivity index is 1.77. The van der Waals surface area contributed by atoms with Gasteiger partial charge in [-0.3, -0.25) is 15.1 Å². The SMILES string of the molecule is CC1C(=O)NC(=C(N)N)C(=N)N1Cc1cccc(CN2CCCC2)c1. The Hall–Kier alpha value is -2.54. The van der Waals surface area contributed by atoms with Crippen molar-refractivity contribution in [2.75, 3.05) is 13.1 Å². The zero-order chi connectivity index (χ0) is 18.0. The van der Waals surface area contributed by atoms with E-state index in [2.05, 4.69) is 22.3 Å². The van der Waals surface area contributed by atoms with E-state index in [4.69, 9.17) is 16.9 Å². The number of hydrogen-bond donors (Lipinski definition) is 4. The molecule has 134 valence electrons. The predicted molar refractivity (Wildman–Crippen MR) is 97.2 cm³/mol. The summed E-state index contributed by atoms with van der Waals surface area (Å²) in [5.74, 6) is -0.0947. The van der Waals surface area contributed by atoms with Crippen molar-refractivity contribution in [2.45, 2.75) is 38.9 Å². The van der Waals surface area contributed by atoms with Crippen LogP contribution in [-0.2, 0) is 17.9 Å². The summed E-state index contributed by atoms with van der Waals surface area (Å²) < 4.78 is 0. The molecule has 2 heterocycles. The summed E-state index contributed by atoms with van der Waals surface area (Å²) in [5, 5.41) is 10.9. The first-order valence-electron chi connectivity index (χ1n) is 8.67. The van der Waals surface area contributed by atoms with E-state index in [-0.39, 0.29) is 23.3 Å². The van der Waals surface area contributed by atoms with E-state index in [0.29, 0.717) is 6.54 Å². The lowest BCUT2D eigenvalue weighted by Crippen LogP contribution is -2.56. The first-order valence-corrected chi connectivity index (χ1v) is 8.67. The second-order valence-corrected chi connectivity index (χ2v) is 6.78. The lowest BCUT2D eigenvalue weighted by Gasteiger charge is -2.36. The molecule has 1 aromatic carbocycles. The number of piperazine rings is 1. The minimum absolute atomic E-state index is 0.0435. The molecule has 7 nitrogen and oxygen atoms in total. The van der Waals surface area contributed by atoms with Gasteiger partial charge in [-0.1, -0.05) is 24.3 Å². The molecule has 0 aliphatic carbocycles. The molecule has 0 bridgehead atoms. The highest BCUT2D eigenvalue weighted by Crippen LogP contribution is 2.19. The summed E-state index contributed by atoms with van der Waals surface area (Å²) in [7, 11) is 0. The third kappa shape index (κ3) is 3.76. The highest BCUT2D eigenvalue weighted by Gasteiger charge is 2.33. The van der Waals surface area contributed by atoms with E-state index >= 15 is 0 Å². The molecule has 1 aromatic rings. The van der Waals surface area contributed by atoms with Gasteiger partial charge in [0.25, 0.3) is 0 Å². The maximum absolute atomic E-state index is 12.2. The van der Waals surface area contributed by atoms with Crippen LogP contribution in [0.3, 0.4) is 0 Å². The summed E-state index contributed by atoms with van der Waals surface area (Å²) in [4.78, 5) is 16.3. The van der Waals surface area contributed by atoms with Crippen molar-refractivity contribution >= 4 is 11.7 Å². The van der Waals surface area contributed by atoms with Crippen LogP contribution in [0.1, 0.15) is 30.9 Å². The topological polar surface area (TPSA) is 111 Å². The van der Waals surface area contributed by atoms with Crippen LogP contribution in [0.25, 0.3) is 0 Å². The minimum Gasteiger partial charge on any atom is -0.384 e. The number of nitrogens with zero attached hydrogens (tertiary/aromatic N) is 2. The lowest BCUT2D eigenvalue weighted by atomic mass is 10.1. The van der Waals surface area contributed by atoms with Crippen LogP contribution >= 0.6 is 0 Å². The maximum Gasteiger partial charge on any atom is 0.247 e. The molecular formula is C18H26N6O. The number of carbonyl (C=O) groups is 1. The number of nitrogens with two attached hydrogens (primary N) is 2. The Morgan fingerprint density at radius 2 is 1.88 bits per heavy atom. The van der Waals surface area contributed by atoms with Crippen LogP contribution in [0.5, 0.6) is 0 Å². The molecule has 2 fully saturated rings. The Labute approximate surface area is 148 Å². The van der Waals surface area contributed by atoms with Crippen LogP contribution in [0, 0.1) is 5.41 Å². The van der Waals surface area contributed by atoms with Crippen LogP contribution in [0.4, 0.5) is 0 Å². The number of rotatable bonds is 4. The van der Waals surface area contributed by atoms with Gasteiger partial charge in [-0.25, -0.2) is 0 Å². The summed E-state index contributed by atoms with van der Waals surface area (Å²) in [6.45, 7) is 5.51. The first-order chi connectivity index (χ1) is 12.0. The van der Waals surface area contributed by atoms with E-state index in [1.807, 2.05) is 12.1 Å². The van der Waals surface area contributed by atoms with Crippen molar-refractivity contribution in [3.05, 3.63) is 46.9 Å². The third-order valence-electron chi connectivity index (χ3n) is 4.86. The van der Waals surface area contributed by atoms with Crippen molar-refractivity contribution in [1.82, 2.24) is 15.1 Å². The highest BCUT2D eigenvalue weighted by atomic mass is 16.2. The van der Waals surface area contributed by atoms with E-state index in [9.17, 15) is 4.79 Å². The largest absolute Gasteiger partial charge is 0.384 e. The van der Waals surface area contributed by atoms with Gasteiger partial charge < -0.3 is 21.7 Å². The molecule has 2 aliphatic heterocycles. The Bertz CT molecular complexity index is 703. The molecule has 0 spiro atoms. The zero-order valence-electron chi connectivity index (χ0n) is 14.6. The summed E-state index contributed by atoms with van der Waals surface area (Å²) in [6.07, 6.45) is 2.54. The van der Waals surface area contributed by atoms with Gasteiger partial charge in [-0.2, -0.15) is 0 Å². The molecule has 1 atom stereocenters. The van der Waals surface area contributed by atoms with Crippen LogP contribution < -0.4 is 16.8 Å². The molecule has 6 N–H and O–H groups in total. The average molecular weight is 342 g/mol. The third-order valence-corrected chi connectivity index (χ3v) is 4.86. The fourth-order valence-corrected chi connectivity index (χ4v) is 3.41. The smallest absolute Gasteiger partial charge is 0.247 e. The quantitative estimate of drug-likeness (QED) is 0.642. The van der Waals surface area contributed by atoms with Crippen molar-refractivity contribution < 1.29 is 4.79 Å². The molecule has 7 heteroatoms. The monoisotopic (exact) mass is 342 g/mol. The summed E-state index contributed by atoms with van der Waals surface area (Å²) >= 11 is 0. The molecule has 3 rings (SSSR count). The molecule has 25 heavy (non-hydrogen) atoms. The number of amidine groups is 1. The summed E-state index contributed by atoms with van der Waals surface area (Å²) in [5.41, 5.74) is 13.7. The van der Waals surface area contributed by atoms with Crippen LogP contribution in [0.15, 0.2) is 35.8 Å². The summed E-state index contributed by atoms with van der Waals surface area (Å²) in [6, 6.07) is 7.89. The van der Waals surface area contributed by atoms with E-state index < -0.39 is 6.04 Å². The Kier molecular flexibility index (Phi) is 4.94. The second kappa shape index (κ2) is 7.14. The van der Waals surface area contributed by atoms with Crippen molar-refractivity contribution in [3.8, 4) is 0 Å². The minimum atomic E-state index is -0.446. The predicted octanol–water partition coefficient (Wildman–Crippen LogP) is 0.666. The number of amides is 1. The van der Waals surface area contributed by atoms with E-state index in [1.165, 1.54) is 18.4 Å². The molecule has 0 saturated carbocycles. The van der Waals surface area contributed by atoms with Gasteiger partial charge in [0.15, 0.2) is 0 Å². The molecule has 2 saturated heterocycles. The fraction of sp³-hybridized carbons (Fsp3) is 0.444. The molecule has 1 amide bonds. The van der Waals surface area contributed by atoms with Crippen molar-refractivity contribution in [2.24, 2.45) is 11.5 Å². The van der Waals surface area contributed by atoms with Gasteiger partial charge in [-0.05, 0) is 44.0 Å². The number of likely N-dealkylation sites (tertiary alicyclic amines) is 1. The molecule has 0 radical (unpaired) electrons. The molecule has 1 unspecified atom stereocenters. The Morgan fingerprint density at radius 3 is 2.52 bits per heavy atom. The normalized spacial score (nSPS) is 21.6. The second-order valence-electron chi connectivity index (χ2n) is 6.78. The molecule has 0 aromatic heterocycles. The van der Waals surface area contributed by atoms with Gasteiger partial charge in [0.05, 0.1) is 0 Å². The molecular weight excluding hydrogens is 316 g/mol. The van der Waals surface area contributed by atoms with Gasteiger partial charge >= 0.3 is 0 Å². The number of benzene rings is 1. The van der Waals surface area contributed by atoms with Crippen LogP contribution in [-0.4, -0.2) is 40.7 Å². The van der Waals surface area contributed by atoms with Gasteiger partial charge in [0, 0.05) is 13.1 Å². The van der Waals surface area contributed by atoms with Crippen molar-refractivity contribution in [3.63, 3.8) is 0 Å². The average Bonchev–Trinajstić information content (AvgIpc) is 3.08. The zero-order valence-corrected chi connectivity index (χ0v) is 14.6. The molecule has 2 aliphatic rings. The highest BCUT2D eigenvalue weighted by molar-refractivity contribution is 6.06. The first kappa shape index (κ1) is 17.3. The lowest BCUT2D eigenvalue weighted by molar-refractivity contribution is -0.124. The number of nitrogens with one attached hydrogen (secondary N) is 2. The fourth-order valence-electron chi connectivity index (χ4n) is 3.41. The van der Waals surface area contributed by atoms with Gasteiger partial charge in [0.2, 0.25) is 5.91 Å².